The monoisotopic (exact) mass is 194 g/mol. The molecule has 0 amide bonds. The third kappa shape index (κ3) is 3.51. The van der Waals surface area contributed by atoms with Crippen LogP contribution in [0.25, 0.3) is 0 Å². The van der Waals surface area contributed by atoms with Crippen LogP contribution in [0.3, 0.4) is 0 Å². The van der Waals surface area contributed by atoms with Gasteiger partial charge < -0.3 is 5.11 Å². The molecule has 0 saturated carbocycles. The van der Waals surface area contributed by atoms with E-state index in [1.54, 1.807) is 6.20 Å². The number of aromatic nitrogens is 2. The van der Waals surface area contributed by atoms with Crippen LogP contribution in [-0.4, -0.2) is 21.0 Å². The molecule has 1 N–H and O–H groups in total. The van der Waals surface area contributed by atoms with Gasteiger partial charge >= 0.3 is 5.97 Å². The number of carboxylic acids is 1. The Balaban J connectivity index is 2.46. The van der Waals surface area contributed by atoms with Crippen LogP contribution in [0.5, 0.6) is 0 Å². The Labute approximate surface area is 83.0 Å². The highest BCUT2D eigenvalue weighted by molar-refractivity contribution is 5.66. The lowest BCUT2D eigenvalue weighted by Gasteiger charge is -2.00. The first-order valence-electron chi connectivity index (χ1n) is 4.75. The summed E-state index contributed by atoms with van der Waals surface area (Å²) < 4.78 is 0. The first-order chi connectivity index (χ1) is 6.72. The van der Waals surface area contributed by atoms with E-state index in [1.807, 2.05) is 13.0 Å². The molecule has 0 radical (unpaired) electrons. The molecule has 76 valence electrons. The van der Waals surface area contributed by atoms with Crippen molar-refractivity contribution in [1.82, 2.24) is 9.97 Å². The van der Waals surface area contributed by atoms with Crippen molar-refractivity contribution in [1.29, 1.82) is 0 Å². The van der Waals surface area contributed by atoms with E-state index in [9.17, 15) is 4.79 Å². The van der Waals surface area contributed by atoms with Crippen LogP contribution in [0.4, 0.5) is 0 Å². The van der Waals surface area contributed by atoms with Gasteiger partial charge in [-0.25, -0.2) is 9.97 Å². The zero-order valence-electron chi connectivity index (χ0n) is 8.23. The molecule has 4 heteroatoms. The van der Waals surface area contributed by atoms with E-state index in [1.165, 1.54) is 0 Å². The van der Waals surface area contributed by atoms with Gasteiger partial charge in [0, 0.05) is 24.7 Å². The van der Waals surface area contributed by atoms with E-state index in [0.717, 1.165) is 17.9 Å². The molecule has 0 saturated heterocycles. The first-order valence-corrected chi connectivity index (χ1v) is 4.75. The maximum Gasteiger partial charge on any atom is 0.303 e. The van der Waals surface area contributed by atoms with Gasteiger partial charge in [-0.1, -0.05) is 6.92 Å². The van der Waals surface area contributed by atoms with E-state index < -0.39 is 5.97 Å². The van der Waals surface area contributed by atoms with Gasteiger partial charge in [-0.3, -0.25) is 4.79 Å². The van der Waals surface area contributed by atoms with E-state index in [4.69, 9.17) is 5.11 Å². The zero-order valence-corrected chi connectivity index (χ0v) is 8.23. The van der Waals surface area contributed by atoms with E-state index in [0.29, 0.717) is 12.8 Å². The molecule has 0 aliphatic carbocycles. The van der Waals surface area contributed by atoms with E-state index in [2.05, 4.69) is 9.97 Å². The Hall–Kier alpha value is -1.45. The van der Waals surface area contributed by atoms with Crippen LogP contribution in [0.1, 0.15) is 31.3 Å². The number of nitrogens with zero attached hydrogens (tertiary/aromatic N) is 2. The smallest absolute Gasteiger partial charge is 0.303 e. The Kier molecular flexibility index (Phi) is 4.04. The van der Waals surface area contributed by atoms with Crippen LogP contribution >= 0.6 is 0 Å². The summed E-state index contributed by atoms with van der Waals surface area (Å²) in [7, 11) is 0. The van der Waals surface area contributed by atoms with Crippen LogP contribution in [0.2, 0.25) is 0 Å². The van der Waals surface area contributed by atoms with E-state index in [-0.39, 0.29) is 6.42 Å². The van der Waals surface area contributed by atoms with Gasteiger partial charge in [0.25, 0.3) is 0 Å². The van der Waals surface area contributed by atoms with Crippen molar-refractivity contribution in [3.8, 4) is 0 Å². The van der Waals surface area contributed by atoms with Crippen molar-refractivity contribution in [2.45, 2.75) is 32.6 Å². The SMILES string of the molecule is CCc1nccc(CCCC(=O)O)n1. The molecule has 1 heterocycles. The number of carboxylic acid groups (broad SMARTS) is 1. The summed E-state index contributed by atoms with van der Waals surface area (Å²) in [5, 5.41) is 8.46. The lowest BCUT2D eigenvalue weighted by molar-refractivity contribution is -0.137. The van der Waals surface area contributed by atoms with Crippen molar-refractivity contribution in [2.24, 2.45) is 0 Å². The lowest BCUT2D eigenvalue weighted by Crippen LogP contribution is -2.00. The minimum atomic E-state index is -0.755. The van der Waals surface area contributed by atoms with Crippen molar-refractivity contribution in [3.05, 3.63) is 23.8 Å². The molecular weight excluding hydrogens is 180 g/mol. The molecule has 0 spiro atoms. The Bertz CT molecular complexity index is 313. The predicted molar refractivity (Wildman–Crippen MR) is 52.0 cm³/mol. The van der Waals surface area contributed by atoms with Gasteiger partial charge in [0.1, 0.15) is 5.82 Å². The molecule has 0 unspecified atom stereocenters. The second-order valence-corrected chi connectivity index (χ2v) is 3.07. The summed E-state index contributed by atoms with van der Waals surface area (Å²) in [6.07, 6.45) is 4.08. The second kappa shape index (κ2) is 5.32. The molecule has 0 fully saturated rings. The third-order valence-corrected chi connectivity index (χ3v) is 1.90. The van der Waals surface area contributed by atoms with Gasteiger partial charge in [0.15, 0.2) is 0 Å². The van der Waals surface area contributed by atoms with Gasteiger partial charge in [0.2, 0.25) is 0 Å². The largest absolute Gasteiger partial charge is 0.481 e. The fourth-order valence-electron chi connectivity index (χ4n) is 1.17. The molecule has 4 nitrogen and oxygen atoms in total. The van der Waals surface area contributed by atoms with Crippen LogP contribution in [-0.2, 0) is 17.6 Å². The molecule has 1 aromatic rings. The summed E-state index contributed by atoms with van der Waals surface area (Å²) in [6, 6.07) is 1.83. The quantitative estimate of drug-likeness (QED) is 0.770. The topological polar surface area (TPSA) is 63.1 Å². The zero-order chi connectivity index (χ0) is 10.4. The predicted octanol–water partition coefficient (Wildman–Crippen LogP) is 1.45. The van der Waals surface area contributed by atoms with Crippen LogP contribution in [0.15, 0.2) is 12.3 Å². The number of aliphatic carboxylic acids is 1. The number of rotatable bonds is 5. The Morgan fingerprint density at radius 1 is 1.57 bits per heavy atom. The highest BCUT2D eigenvalue weighted by Crippen LogP contribution is 2.02. The molecule has 0 aliphatic rings. The summed E-state index contributed by atoms with van der Waals surface area (Å²) >= 11 is 0. The Morgan fingerprint density at radius 3 is 3.00 bits per heavy atom. The van der Waals surface area contributed by atoms with Crippen molar-refractivity contribution >= 4 is 5.97 Å². The van der Waals surface area contributed by atoms with Gasteiger partial charge in [0.05, 0.1) is 0 Å². The molecular formula is C10H14N2O2. The van der Waals surface area contributed by atoms with Crippen LogP contribution < -0.4 is 0 Å². The van der Waals surface area contributed by atoms with Crippen LogP contribution in [0, 0.1) is 0 Å². The van der Waals surface area contributed by atoms with Crippen molar-refractivity contribution in [2.75, 3.05) is 0 Å². The fraction of sp³-hybridized carbons (Fsp3) is 0.500. The number of hydrogen-bond acceptors (Lipinski definition) is 3. The maximum absolute atomic E-state index is 10.3. The molecule has 14 heavy (non-hydrogen) atoms. The molecule has 1 rings (SSSR count). The normalized spacial score (nSPS) is 10.1. The van der Waals surface area contributed by atoms with Gasteiger partial charge in [-0.2, -0.15) is 0 Å². The minimum absolute atomic E-state index is 0.200. The summed E-state index contributed by atoms with van der Waals surface area (Å²) in [5.74, 6) is 0.0626. The van der Waals surface area contributed by atoms with E-state index >= 15 is 0 Å². The van der Waals surface area contributed by atoms with Crippen molar-refractivity contribution in [3.63, 3.8) is 0 Å². The lowest BCUT2D eigenvalue weighted by atomic mass is 10.2. The summed E-state index contributed by atoms with van der Waals surface area (Å²) in [6.45, 7) is 2.00. The summed E-state index contributed by atoms with van der Waals surface area (Å²) in [4.78, 5) is 18.6. The third-order valence-electron chi connectivity index (χ3n) is 1.90. The summed E-state index contributed by atoms with van der Waals surface area (Å²) in [5.41, 5.74) is 0.929. The van der Waals surface area contributed by atoms with Gasteiger partial charge in [-0.05, 0) is 18.9 Å². The average Bonchev–Trinajstić information content (AvgIpc) is 2.18. The number of carbonyl (C=O) groups is 1. The van der Waals surface area contributed by atoms with Crippen molar-refractivity contribution < 1.29 is 9.90 Å². The van der Waals surface area contributed by atoms with Gasteiger partial charge in [-0.15, -0.1) is 0 Å². The number of hydrogen-bond donors (Lipinski definition) is 1. The fourth-order valence-corrected chi connectivity index (χ4v) is 1.17. The molecule has 0 bridgehead atoms. The standard InChI is InChI=1S/C10H14N2O2/c1-2-9-11-7-6-8(12-9)4-3-5-10(13)14/h6-7H,2-5H2,1H3,(H,13,14). The first kappa shape index (κ1) is 10.6. The molecule has 0 aromatic carbocycles. The molecule has 0 atom stereocenters. The maximum atomic E-state index is 10.3. The second-order valence-electron chi connectivity index (χ2n) is 3.07. The molecule has 1 aromatic heterocycles. The molecule has 0 aliphatic heterocycles. The minimum Gasteiger partial charge on any atom is -0.481 e. The Morgan fingerprint density at radius 2 is 2.36 bits per heavy atom. The average molecular weight is 194 g/mol. The highest BCUT2D eigenvalue weighted by atomic mass is 16.4. The number of aryl methyl sites for hydroxylation is 2. The highest BCUT2D eigenvalue weighted by Gasteiger charge is 2.00.